The Balaban J connectivity index is 1.84. The largest absolute Gasteiger partial charge is 0.349 e. The second kappa shape index (κ2) is 10.1. The number of amides is 2. The van der Waals surface area contributed by atoms with E-state index < -0.39 is 22.0 Å². The molecular weight excluding hydrogens is 414 g/mol. The molecule has 2 N–H and O–H groups in total. The van der Waals surface area contributed by atoms with Gasteiger partial charge in [0.1, 0.15) is 6.04 Å². The van der Waals surface area contributed by atoms with Crippen LogP contribution in [0.1, 0.15) is 54.1 Å². The van der Waals surface area contributed by atoms with Crippen LogP contribution in [0.4, 0.5) is 5.69 Å². The van der Waals surface area contributed by atoms with Gasteiger partial charge in [0.05, 0.1) is 17.5 Å². The molecule has 3 rings (SSSR count). The van der Waals surface area contributed by atoms with Crippen molar-refractivity contribution in [2.45, 2.75) is 44.2 Å². The number of para-hydroxylation sites is 1. The first-order chi connectivity index (χ1) is 14.8. The van der Waals surface area contributed by atoms with E-state index in [0.29, 0.717) is 16.8 Å². The molecule has 0 aliphatic heterocycles. The first-order valence-electron chi connectivity index (χ1n) is 10.5. The van der Waals surface area contributed by atoms with E-state index in [2.05, 4.69) is 10.6 Å². The maximum Gasteiger partial charge on any atom is 0.253 e. The summed E-state index contributed by atoms with van der Waals surface area (Å²) < 4.78 is 25.4. The van der Waals surface area contributed by atoms with Gasteiger partial charge < -0.3 is 10.6 Å². The van der Waals surface area contributed by atoms with Crippen molar-refractivity contribution in [3.8, 4) is 0 Å². The molecule has 2 aromatic rings. The summed E-state index contributed by atoms with van der Waals surface area (Å²) >= 11 is 0. The Hall–Kier alpha value is -2.71. The SMILES string of the molecule is CN(C(C(=O)Nc1ccccc1C(=O)NC1CCCCC1)c1ccccc1)S(C)(=O)=O. The van der Waals surface area contributed by atoms with Gasteiger partial charge in [0, 0.05) is 13.1 Å². The molecule has 2 aromatic carbocycles. The summed E-state index contributed by atoms with van der Waals surface area (Å²) in [5, 5.41) is 5.83. The number of anilines is 1. The van der Waals surface area contributed by atoms with E-state index in [0.717, 1.165) is 36.2 Å². The van der Waals surface area contributed by atoms with E-state index >= 15 is 0 Å². The summed E-state index contributed by atoms with van der Waals surface area (Å²) in [5.74, 6) is -0.771. The van der Waals surface area contributed by atoms with Gasteiger partial charge in [0.2, 0.25) is 15.9 Å². The maximum atomic E-state index is 13.2. The summed E-state index contributed by atoms with van der Waals surface area (Å²) in [6, 6.07) is 14.5. The van der Waals surface area contributed by atoms with Crippen LogP contribution in [0, 0.1) is 0 Å². The maximum absolute atomic E-state index is 13.2. The molecule has 0 heterocycles. The number of likely N-dealkylation sites (N-methyl/N-ethyl adjacent to an activating group) is 1. The highest BCUT2D eigenvalue weighted by molar-refractivity contribution is 7.88. The topological polar surface area (TPSA) is 95.6 Å². The Kier molecular flexibility index (Phi) is 7.46. The Morgan fingerprint density at radius 3 is 2.23 bits per heavy atom. The number of nitrogens with zero attached hydrogens (tertiary/aromatic N) is 1. The lowest BCUT2D eigenvalue weighted by Gasteiger charge is -2.26. The molecule has 1 fully saturated rings. The van der Waals surface area contributed by atoms with Gasteiger partial charge in [-0.25, -0.2) is 8.42 Å². The van der Waals surface area contributed by atoms with Crippen LogP contribution in [-0.4, -0.2) is 43.9 Å². The number of hydrogen-bond donors (Lipinski definition) is 2. The number of rotatable bonds is 7. The van der Waals surface area contributed by atoms with E-state index in [1.165, 1.54) is 13.5 Å². The molecular formula is C23H29N3O4S. The van der Waals surface area contributed by atoms with Crippen molar-refractivity contribution in [1.29, 1.82) is 0 Å². The monoisotopic (exact) mass is 443 g/mol. The third-order valence-corrected chi connectivity index (χ3v) is 6.88. The molecule has 2 amide bonds. The Morgan fingerprint density at radius 1 is 0.968 bits per heavy atom. The molecule has 7 nitrogen and oxygen atoms in total. The number of hydrogen-bond acceptors (Lipinski definition) is 4. The molecule has 31 heavy (non-hydrogen) atoms. The van der Waals surface area contributed by atoms with Crippen molar-refractivity contribution in [2.75, 3.05) is 18.6 Å². The van der Waals surface area contributed by atoms with Crippen molar-refractivity contribution in [3.63, 3.8) is 0 Å². The average Bonchev–Trinajstić information content (AvgIpc) is 2.75. The standard InChI is InChI=1S/C23H29N3O4S/c1-26(31(2,29)30)21(17-11-5-3-6-12-17)23(28)25-20-16-10-9-15-19(20)22(27)24-18-13-7-4-8-14-18/h3,5-6,9-12,15-16,18,21H,4,7-8,13-14H2,1-2H3,(H,24,27)(H,25,28). The van der Waals surface area contributed by atoms with Gasteiger partial charge in [0.25, 0.3) is 5.91 Å². The Bertz CT molecular complexity index is 1020. The predicted molar refractivity (Wildman–Crippen MR) is 121 cm³/mol. The molecule has 0 spiro atoms. The lowest BCUT2D eigenvalue weighted by atomic mass is 9.95. The second-order valence-electron chi connectivity index (χ2n) is 7.94. The number of sulfonamides is 1. The van der Waals surface area contributed by atoms with Crippen molar-refractivity contribution < 1.29 is 18.0 Å². The summed E-state index contributed by atoms with van der Waals surface area (Å²) in [6.07, 6.45) is 6.35. The van der Waals surface area contributed by atoms with E-state index in [9.17, 15) is 18.0 Å². The normalized spacial score (nSPS) is 16.0. The van der Waals surface area contributed by atoms with E-state index in [1.54, 1.807) is 54.6 Å². The zero-order chi connectivity index (χ0) is 22.4. The van der Waals surface area contributed by atoms with E-state index in [-0.39, 0.29) is 11.9 Å². The number of carbonyl (C=O) groups is 2. The van der Waals surface area contributed by atoms with Crippen LogP contribution in [-0.2, 0) is 14.8 Å². The first kappa shape index (κ1) is 23.0. The van der Waals surface area contributed by atoms with Crippen LogP contribution < -0.4 is 10.6 Å². The van der Waals surface area contributed by atoms with Gasteiger partial charge in [0.15, 0.2) is 0 Å². The molecule has 166 valence electrons. The molecule has 1 aliphatic rings. The molecule has 8 heteroatoms. The summed E-state index contributed by atoms with van der Waals surface area (Å²) in [4.78, 5) is 26.1. The van der Waals surface area contributed by atoms with Gasteiger partial charge in [-0.2, -0.15) is 4.31 Å². The Labute approximate surface area is 183 Å². The zero-order valence-corrected chi connectivity index (χ0v) is 18.7. The lowest BCUT2D eigenvalue weighted by molar-refractivity contribution is -0.119. The molecule has 1 atom stereocenters. The fourth-order valence-electron chi connectivity index (χ4n) is 3.85. The van der Waals surface area contributed by atoms with Crippen LogP contribution >= 0.6 is 0 Å². The molecule has 0 bridgehead atoms. The van der Waals surface area contributed by atoms with E-state index in [1.807, 2.05) is 0 Å². The van der Waals surface area contributed by atoms with Crippen LogP contribution in [0.3, 0.4) is 0 Å². The van der Waals surface area contributed by atoms with Gasteiger partial charge in [-0.15, -0.1) is 0 Å². The molecule has 0 radical (unpaired) electrons. The summed E-state index contributed by atoms with van der Waals surface area (Å²) in [6.45, 7) is 0. The highest BCUT2D eigenvalue weighted by Gasteiger charge is 2.31. The van der Waals surface area contributed by atoms with Crippen molar-refractivity contribution in [3.05, 3.63) is 65.7 Å². The van der Waals surface area contributed by atoms with Crippen LogP contribution in [0.5, 0.6) is 0 Å². The first-order valence-corrected chi connectivity index (χ1v) is 12.3. The minimum atomic E-state index is -3.64. The van der Waals surface area contributed by atoms with Gasteiger partial charge in [-0.05, 0) is 30.5 Å². The lowest BCUT2D eigenvalue weighted by Crippen LogP contribution is -2.39. The molecule has 1 saturated carbocycles. The highest BCUT2D eigenvalue weighted by Crippen LogP contribution is 2.25. The van der Waals surface area contributed by atoms with Gasteiger partial charge in [-0.1, -0.05) is 61.7 Å². The molecule has 0 saturated heterocycles. The number of benzene rings is 2. The van der Waals surface area contributed by atoms with Crippen molar-refractivity contribution in [1.82, 2.24) is 9.62 Å². The van der Waals surface area contributed by atoms with Crippen LogP contribution in [0.15, 0.2) is 54.6 Å². The van der Waals surface area contributed by atoms with Crippen LogP contribution in [0.25, 0.3) is 0 Å². The van der Waals surface area contributed by atoms with Crippen LogP contribution in [0.2, 0.25) is 0 Å². The van der Waals surface area contributed by atoms with Crippen molar-refractivity contribution in [2.24, 2.45) is 0 Å². The quantitative estimate of drug-likeness (QED) is 0.686. The predicted octanol–water partition coefficient (Wildman–Crippen LogP) is 3.32. The van der Waals surface area contributed by atoms with Gasteiger partial charge >= 0.3 is 0 Å². The fourth-order valence-corrected chi connectivity index (χ4v) is 4.45. The smallest absolute Gasteiger partial charge is 0.253 e. The minimum Gasteiger partial charge on any atom is -0.349 e. The summed E-state index contributed by atoms with van der Waals surface area (Å²) in [5.41, 5.74) is 1.25. The molecule has 1 unspecified atom stereocenters. The summed E-state index contributed by atoms with van der Waals surface area (Å²) in [7, 11) is -2.27. The Morgan fingerprint density at radius 2 is 1.58 bits per heavy atom. The van der Waals surface area contributed by atoms with E-state index in [4.69, 9.17) is 0 Å². The molecule has 1 aliphatic carbocycles. The highest BCUT2D eigenvalue weighted by atomic mass is 32.2. The van der Waals surface area contributed by atoms with Gasteiger partial charge in [-0.3, -0.25) is 9.59 Å². The number of carbonyl (C=O) groups excluding carboxylic acids is 2. The molecule has 0 aromatic heterocycles. The van der Waals surface area contributed by atoms with Crippen molar-refractivity contribution >= 4 is 27.5 Å². The third-order valence-electron chi connectivity index (χ3n) is 5.62. The average molecular weight is 444 g/mol. The third kappa shape index (κ3) is 5.92. The fraction of sp³-hybridized carbons (Fsp3) is 0.391. The zero-order valence-electron chi connectivity index (χ0n) is 17.9. The number of nitrogens with one attached hydrogen (secondary N) is 2. The minimum absolute atomic E-state index is 0.137. The second-order valence-corrected chi connectivity index (χ2v) is 9.98.